The molecule has 1 aromatic heterocycles. The van der Waals surface area contributed by atoms with Gasteiger partial charge in [0.25, 0.3) is 0 Å². The van der Waals surface area contributed by atoms with E-state index in [1.807, 2.05) is 0 Å². The highest BCUT2D eigenvalue weighted by atomic mass is 15.3. The first-order chi connectivity index (χ1) is 10.3. The van der Waals surface area contributed by atoms with Gasteiger partial charge in [0.05, 0.1) is 5.69 Å². The third kappa shape index (κ3) is 3.89. The highest BCUT2D eigenvalue weighted by Gasteiger charge is 2.12. The maximum atomic E-state index is 4.14. The predicted octanol–water partition coefficient (Wildman–Crippen LogP) is 1.45. The Labute approximate surface area is 126 Å². The van der Waals surface area contributed by atoms with Crippen molar-refractivity contribution in [2.24, 2.45) is 0 Å². The zero-order valence-corrected chi connectivity index (χ0v) is 12.6. The highest BCUT2D eigenvalue weighted by molar-refractivity contribution is 5.33. The van der Waals surface area contributed by atoms with Crippen molar-refractivity contribution >= 4 is 0 Å². The first-order valence-corrected chi connectivity index (χ1v) is 7.66. The summed E-state index contributed by atoms with van der Waals surface area (Å²) in [7, 11) is 2.20. The topological polar surface area (TPSA) is 37.2 Å². The summed E-state index contributed by atoms with van der Waals surface area (Å²) >= 11 is 0. The van der Waals surface area contributed by atoms with E-state index >= 15 is 0 Å². The van der Waals surface area contributed by atoms with Gasteiger partial charge < -0.3 is 9.80 Å². The van der Waals surface area contributed by atoms with Crippen LogP contribution in [0, 0.1) is 0 Å². The van der Waals surface area contributed by atoms with Gasteiger partial charge in [0.1, 0.15) is 12.7 Å². The fourth-order valence-corrected chi connectivity index (χ4v) is 2.74. The smallest absolute Gasteiger partial charge is 0.138 e. The van der Waals surface area contributed by atoms with E-state index in [0.29, 0.717) is 0 Å². The molecule has 0 unspecified atom stereocenters. The molecule has 1 fully saturated rings. The van der Waals surface area contributed by atoms with Crippen LogP contribution in [0.15, 0.2) is 36.9 Å². The number of aromatic nitrogens is 3. The molecule has 0 spiro atoms. The second kappa shape index (κ2) is 6.83. The summed E-state index contributed by atoms with van der Waals surface area (Å²) in [4.78, 5) is 8.95. The Morgan fingerprint density at radius 3 is 2.48 bits per heavy atom. The van der Waals surface area contributed by atoms with Crippen molar-refractivity contribution in [1.82, 2.24) is 24.6 Å². The van der Waals surface area contributed by atoms with Crippen molar-refractivity contribution in [3.8, 4) is 5.69 Å². The van der Waals surface area contributed by atoms with Crippen molar-refractivity contribution in [2.45, 2.75) is 12.8 Å². The van der Waals surface area contributed by atoms with Gasteiger partial charge in [0.15, 0.2) is 0 Å². The van der Waals surface area contributed by atoms with Gasteiger partial charge in [-0.15, -0.1) is 0 Å². The SMILES string of the molecule is CN1CCN(CCCc2ccc(-n3cncn3)cc2)CC1. The maximum absolute atomic E-state index is 4.14. The summed E-state index contributed by atoms with van der Waals surface area (Å²) in [5.74, 6) is 0. The summed E-state index contributed by atoms with van der Waals surface area (Å²) in [6, 6.07) is 8.61. The lowest BCUT2D eigenvalue weighted by atomic mass is 10.1. The van der Waals surface area contributed by atoms with Crippen molar-refractivity contribution < 1.29 is 0 Å². The number of rotatable bonds is 5. The fraction of sp³-hybridized carbons (Fsp3) is 0.500. The zero-order valence-electron chi connectivity index (χ0n) is 12.6. The maximum Gasteiger partial charge on any atom is 0.138 e. The summed E-state index contributed by atoms with van der Waals surface area (Å²) < 4.78 is 1.79. The minimum Gasteiger partial charge on any atom is -0.304 e. The van der Waals surface area contributed by atoms with Gasteiger partial charge in [0.2, 0.25) is 0 Å². The van der Waals surface area contributed by atoms with E-state index in [4.69, 9.17) is 0 Å². The molecular weight excluding hydrogens is 262 g/mol. The molecule has 1 saturated heterocycles. The standard InChI is InChI=1S/C16H23N5/c1-19-9-11-20(12-10-19)8-2-3-15-4-6-16(7-5-15)21-14-17-13-18-21/h4-7,13-14H,2-3,8-12H2,1H3. The normalized spacial score (nSPS) is 17.2. The molecule has 5 nitrogen and oxygen atoms in total. The molecule has 3 rings (SSSR count). The lowest BCUT2D eigenvalue weighted by Gasteiger charge is -2.32. The third-order valence-electron chi connectivity index (χ3n) is 4.16. The molecule has 2 heterocycles. The first kappa shape index (κ1) is 14.2. The van der Waals surface area contributed by atoms with Gasteiger partial charge in [0, 0.05) is 26.2 Å². The van der Waals surface area contributed by atoms with Crippen LogP contribution in [0.25, 0.3) is 5.69 Å². The number of hydrogen-bond donors (Lipinski definition) is 0. The van der Waals surface area contributed by atoms with Crippen LogP contribution in [0.2, 0.25) is 0 Å². The van der Waals surface area contributed by atoms with Gasteiger partial charge in [-0.3, -0.25) is 0 Å². The number of benzene rings is 1. The molecule has 0 saturated carbocycles. The van der Waals surface area contributed by atoms with Gasteiger partial charge in [-0.25, -0.2) is 9.67 Å². The van der Waals surface area contributed by atoms with Crippen LogP contribution in [0.4, 0.5) is 0 Å². The predicted molar refractivity (Wildman–Crippen MR) is 83.6 cm³/mol. The molecule has 0 aliphatic carbocycles. The lowest BCUT2D eigenvalue weighted by Crippen LogP contribution is -2.44. The molecule has 0 radical (unpaired) electrons. The minimum atomic E-state index is 1.07. The van der Waals surface area contributed by atoms with Crippen LogP contribution >= 0.6 is 0 Å². The van der Waals surface area contributed by atoms with Crippen LogP contribution < -0.4 is 0 Å². The van der Waals surface area contributed by atoms with Gasteiger partial charge in [-0.1, -0.05) is 12.1 Å². The Balaban J connectivity index is 1.45. The van der Waals surface area contributed by atoms with Crippen molar-refractivity contribution in [1.29, 1.82) is 0 Å². The van der Waals surface area contributed by atoms with E-state index in [1.165, 1.54) is 44.7 Å². The molecule has 0 amide bonds. The fourth-order valence-electron chi connectivity index (χ4n) is 2.74. The summed E-state index contributed by atoms with van der Waals surface area (Å²) in [5, 5.41) is 4.14. The Kier molecular flexibility index (Phi) is 4.62. The molecule has 1 aliphatic rings. The Bertz CT molecular complexity index is 526. The number of likely N-dealkylation sites (N-methyl/N-ethyl adjacent to an activating group) is 1. The van der Waals surface area contributed by atoms with E-state index in [1.54, 1.807) is 17.3 Å². The number of piperazine rings is 1. The second-order valence-electron chi connectivity index (χ2n) is 5.75. The first-order valence-electron chi connectivity index (χ1n) is 7.66. The molecular formula is C16H23N5. The molecule has 112 valence electrons. The summed E-state index contributed by atoms with van der Waals surface area (Å²) in [5.41, 5.74) is 2.46. The molecule has 1 aromatic carbocycles. The molecule has 0 N–H and O–H groups in total. The molecule has 1 aliphatic heterocycles. The summed E-state index contributed by atoms with van der Waals surface area (Å²) in [6.45, 7) is 6.03. The number of hydrogen-bond acceptors (Lipinski definition) is 4. The van der Waals surface area contributed by atoms with Gasteiger partial charge in [-0.2, -0.15) is 5.10 Å². The molecule has 2 aromatic rings. The molecule has 21 heavy (non-hydrogen) atoms. The van der Waals surface area contributed by atoms with Crippen LogP contribution in [0.5, 0.6) is 0 Å². The Morgan fingerprint density at radius 2 is 1.81 bits per heavy atom. The van der Waals surface area contributed by atoms with Crippen molar-refractivity contribution in [3.63, 3.8) is 0 Å². The summed E-state index contributed by atoms with van der Waals surface area (Å²) in [6.07, 6.45) is 5.66. The Morgan fingerprint density at radius 1 is 1.05 bits per heavy atom. The van der Waals surface area contributed by atoms with Crippen molar-refractivity contribution in [2.75, 3.05) is 39.8 Å². The third-order valence-corrected chi connectivity index (χ3v) is 4.16. The van der Waals surface area contributed by atoms with Crippen molar-refractivity contribution in [3.05, 3.63) is 42.5 Å². The number of aryl methyl sites for hydroxylation is 1. The van der Waals surface area contributed by atoms with Gasteiger partial charge >= 0.3 is 0 Å². The van der Waals surface area contributed by atoms with Crippen LogP contribution in [-0.2, 0) is 6.42 Å². The van der Waals surface area contributed by atoms with Crippen LogP contribution in [0.3, 0.4) is 0 Å². The van der Waals surface area contributed by atoms with E-state index in [2.05, 4.69) is 51.2 Å². The average Bonchev–Trinajstić information content (AvgIpc) is 3.04. The quantitative estimate of drug-likeness (QED) is 0.833. The Hall–Kier alpha value is -1.72. The van der Waals surface area contributed by atoms with Crippen LogP contribution in [-0.4, -0.2) is 64.3 Å². The zero-order chi connectivity index (χ0) is 14.5. The minimum absolute atomic E-state index is 1.07. The molecule has 0 bridgehead atoms. The monoisotopic (exact) mass is 285 g/mol. The van der Waals surface area contributed by atoms with E-state index in [0.717, 1.165) is 12.1 Å². The highest BCUT2D eigenvalue weighted by Crippen LogP contribution is 2.10. The second-order valence-corrected chi connectivity index (χ2v) is 5.75. The average molecular weight is 285 g/mol. The largest absolute Gasteiger partial charge is 0.304 e. The van der Waals surface area contributed by atoms with E-state index in [9.17, 15) is 0 Å². The van der Waals surface area contributed by atoms with E-state index in [-0.39, 0.29) is 0 Å². The van der Waals surface area contributed by atoms with E-state index < -0.39 is 0 Å². The molecule has 0 atom stereocenters. The van der Waals surface area contributed by atoms with Gasteiger partial charge in [-0.05, 0) is 44.1 Å². The number of nitrogens with zero attached hydrogens (tertiary/aromatic N) is 5. The molecule has 5 heteroatoms. The van der Waals surface area contributed by atoms with Crippen LogP contribution in [0.1, 0.15) is 12.0 Å². The lowest BCUT2D eigenvalue weighted by molar-refractivity contribution is 0.153.